The lowest BCUT2D eigenvalue weighted by atomic mass is 10.3. The van der Waals surface area contributed by atoms with Crippen LogP contribution >= 0.6 is 11.6 Å². The van der Waals surface area contributed by atoms with E-state index < -0.39 is 28.4 Å². The van der Waals surface area contributed by atoms with Crippen LogP contribution in [0.2, 0.25) is 5.02 Å². The number of anilines is 1. The van der Waals surface area contributed by atoms with Crippen molar-refractivity contribution < 1.29 is 22.7 Å². The molecular weight excluding hydrogens is 325 g/mol. The third-order valence-electron chi connectivity index (χ3n) is 2.39. The van der Waals surface area contributed by atoms with Gasteiger partial charge in [-0.1, -0.05) is 11.6 Å². The first-order valence-corrected chi connectivity index (χ1v) is 7.36. The third kappa shape index (κ3) is 3.70. The van der Waals surface area contributed by atoms with E-state index in [1.54, 1.807) is 0 Å². The second-order valence-electron chi connectivity index (χ2n) is 4.00. The molecule has 0 aliphatic rings. The Morgan fingerprint density at radius 3 is 2.81 bits per heavy atom. The van der Waals surface area contributed by atoms with Gasteiger partial charge < -0.3 is 5.11 Å². The van der Waals surface area contributed by atoms with E-state index in [2.05, 4.69) is 9.82 Å². The minimum Gasteiger partial charge on any atom is -0.480 e. The number of halogens is 2. The highest BCUT2D eigenvalue weighted by Gasteiger charge is 2.18. The van der Waals surface area contributed by atoms with E-state index in [-0.39, 0.29) is 15.6 Å². The van der Waals surface area contributed by atoms with Gasteiger partial charge in [-0.25, -0.2) is 12.8 Å². The Kier molecular flexibility index (Phi) is 4.14. The summed E-state index contributed by atoms with van der Waals surface area (Å²) in [5.74, 6) is -1.82. The Morgan fingerprint density at radius 2 is 2.19 bits per heavy atom. The summed E-state index contributed by atoms with van der Waals surface area (Å²) >= 11 is 5.56. The van der Waals surface area contributed by atoms with Crippen molar-refractivity contribution in [3.8, 4) is 0 Å². The van der Waals surface area contributed by atoms with E-state index in [0.717, 1.165) is 29.2 Å². The Bertz CT molecular complexity index is 791. The molecule has 10 heteroatoms. The Hall–Kier alpha value is -2.13. The largest absolute Gasteiger partial charge is 0.480 e. The minimum atomic E-state index is -3.97. The first-order chi connectivity index (χ1) is 9.78. The molecule has 0 saturated heterocycles. The summed E-state index contributed by atoms with van der Waals surface area (Å²) in [6.45, 7) is -0.460. The van der Waals surface area contributed by atoms with Crippen LogP contribution in [0.25, 0.3) is 0 Å². The fraction of sp³-hybridized carbons (Fsp3) is 0.0909. The van der Waals surface area contributed by atoms with Crippen molar-refractivity contribution in [3.05, 3.63) is 41.4 Å². The van der Waals surface area contributed by atoms with Gasteiger partial charge in [-0.3, -0.25) is 14.2 Å². The van der Waals surface area contributed by atoms with E-state index in [1.807, 2.05) is 0 Å². The number of carboxylic acid groups (broad SMARTS) is 1. The van der Waals surface area contributed by atoms with E-state index >= 15 is 0 Å². The summed E-state index contributed by atoms with van der Waals surface area (Å²) in [4.78, 5) is 10.3. The molecular formula is C11H9ClFN3O4S. The number of nitrogens with one attached hydrogen (secondary N) is 1. The molecule has 1 heterocycles. The average molecular weight is 334 g/mol. The van der Waals surface area contributed by atoms with Gasteiger partial charge >= 0.3 is 5.97 Å². The lowest BCUT2D eigenvalue weighted by Gasteiger charge is -2.06. The quantitative estimate of drug-likeness (QED) is 0.864. The van der Waals surface area contributed by atoms with Crippen LogP contribution in [-0.2, 0) is 21.4 Å². The monoisotopic (exact) mass is 333 g/mol. The van der Waals surface area contributed by atoms with Crippen LogP contribution in [0.5, 0.6) is 0 Å². The summed E-state index contributed by atoms with van der Waals surface area (Å²) in [6, 6.07) is 3.35. The van der Waals surface area contributed by atoms with Gasteiger partial charge in [0, 0.05) is 6.20 Å². The zero-order valence-electron chi connectivity index (χ0n) is 10.3. The molecule has 0 fully saturated rings. The molecule has 0 aliphatic heterocycles. The van der Waals surface area contributed by atoms with Crippen LogP contribution in [0.4, 0.5) is 10.1 Å². The molecule has 0 amide bonds. The lowest BCUT2D eigenvalue weighted by molar-refractivity contribution is -0.137. The van der Waals surface area contributed by atoms with E-state index in [9.17, 15) is 17.6 Å². The van der Waals surface area contributed by atoms with Crippen molar-refractivity contribution in [1.82, 2.24) is 9.78 Å². The van der Waals surface area contributed by atoms with Crippen LogP contribution in [0.3, 0.4) is 0 Å². The van der Waals surface area contributed by atoms with Gasteiger partial charge in [0.25, 0.3) is 10.0 Å². The smallest absolute Gasteiger partial charge is 0.325 e. The van der Waals surface area contributed by atoms with Crippen molar-refractivity contribution in [3.63, 3.8) is 0 Å². The molecule has 0 saturated carbocycles. The molecule has 0 radical (unpaired) electrons. The number of carbonyl (C=O) groups is 1. The number of carboxylic acids is 1. The number of aliphatic carboxylic acids is 1. The standard InChI is InChI=1S/C11H9ClFN3O4S/c12-9-3-7(1-2-10(9)13)15-21(19,20)8-4-14-16(5-8)6-11(17)18/h1-5,15H,6H2,(H,17,18). The van der Waals surface area contributed by atoms with E-state index in [4.69, 9.17) is 16.7 Å². The molecule has 0 aliphatic carbocycles. The Balaban J connectivity index is 2.23. The molecule has 2 rings (SSSR count). The molecule has 1 aromatic carbocycles. The highest BCUT2D eigenvalue weighted by Crippen LogP contribution is 2.21. The SMILES string of the molecule is O=C(O)Cn1cc(S(=O)(=O)Nc2ccc(F)c(Cl)c2)cn1. The summed E-state index contributed by atoms with van der Waals surface area (Å²) in [5.41, 5.74) is 0.0763. The van der Waals surface area contributed by atoms with Crippen molar-refractivity contribution in [2.45, 2.75) is 11.4 Å². The van der Waals surface area contributed by atoms with E-state index in [0.29, 0.717) is 0 Å². The first kappa shape index (κ1) is 15.3. The van der Waals surface area contributed by atoms with Crippen molar-refractivity contribution in [2.24, 2.45) is 0 Å². The lowest BCUT2D eigenvalue weighted by Crippen LogP contribution is -2.13. The maximum Gasteiger partial charge on any atom is 0.325 e. The average Bonchev–Trinajstić information content (AvgIpc) is 2.82. The molecule has 0 atom stereocenters. The highest BCUT2D eigenvalue weighted by atomic mass is 35.5. The van der Waals surface area contributed by atoms with Gasteiger partial charge in [0.05, 0.1) is 16.9 Å². The molecule has 0 spiro atoms. The van der Waals surface area contributed by atoms with Crippen molar-refractivity contribution in [1.29, 1.82) is 0 Å². The van der Waals surface area contributed by atoms with Gasteiger partial charge in [-0.05, 0) is 18.2 Å². The van der Waals surface area contributed by atoms with Gasteiger partial charge in [0.2, 0.25) is 0 Å². The number of hydrogen-bond acceptors (Lipinski definition) is 4. The number of benzene rings is 1. The second kappa shape index (κ2) is 5.70. The molecule has 0 unspecified atom stereocenters. The number of hydrogen-bond donors (Lipinski definition) is 2. The number of sulfonamides is 1. The van der Waals surface area contributed by atoms with Gasteiger partial charge in [0.1, 0.15) is 17.3 Å². The van der Waals surface area contributed by atoms with Crippen LogP contribution in [0, 0.1) is 5.82 Å². The maximum atomic E-state index is 13.0. The first-order valence-electron chi connectivity index (χ1n) is 5.50. The summed E-state index contributed by atoms with van der Waals surface area (Å²) in [7, 11) is -3.97. The van der Waals surface area contributed by atoms with Crippen molar-refractivity contribution >= 4 is 33.3 Å². The van der Waals surface area contributed by atoms with E-state index in [1.165, 1.54) is 6.07 Å². The predicted molar refractivity (Wildman–Crippen MR) is 72.1 cm³/mol. The predicted octanol–water partition coefficient (Wildman–Crippen LogP) is 1.56. The third-order valence-corrected chi connectivity index (χ3v) is 4.01. The van der Waals surface area contributed by atoms with Gasteiger partial charge in [0.15, 0.2) is 0 Å². The summed E-state index contributed by atoms with van der Waals surface area (Å²) in [6.07, 6.45) is 2.08. The molecule has 1 aromatic heterocycles. The highest BCUT2D eigenvalue weighted by molar-refractivity contribution is 7.92. The summed E-state index contributed by atoms with van der Waals surface area (Å²) < 4.78 is 40.3. The summed E-state index contributed by atoms with van der Waals surface area (Å²) in [5, 5.41) is 12.0. The second-order valence-corrected chi connectivity index (χ2v) is 6.09. The van der Waals surface area contributed by atoms with Crippen LogP contribution in [0.15, 0.2) is 35.5 Å². The van der Waals surface area contributed by atoms with Crippen LogP contribution < -0.4 is 4.72 Å². The molecule has 2 N–H and O–H groups in total. The molecule has 112 valence electrons. The van der Waals surface area contributed by atoms with Crippen LogP contribution in [0.1, 0.15) is 0 Å². The normalized spacial score (nSPS) is 11.3. The topological polar surface area (TPSA) is 101 Å². The van der Waals surface area contributed by atoms with Gasteiger partial charge in [-0.15, -0.1) is 0 Å². The van der Waals surface area contributed by atoms with Crippen LogP contribution in [-0.4, -0.2) is 29.3 Å². The molecule has 2 aromatic rings. The minimum absolute atomic E-state index is 0.0763. The number of rotatable bonds is 5. The molecule has 7 nitrogen and oxygen atoms in total. The fourth-order valence-corrected chi connectivity index (χ4v) is 2.66. The molecule has 0 bridgehead atoms. The number of nitrogens with zero attached hydrogens (tertiary/aromatic N) is 2. The van der Waals surface area contributed by atoms with Gasteiger partial charge in [-0.2, -0.15) is 5.10 Å². The Labute approximate surface area is 124 Å². The maximum absolute atomic E-state index is 13.0. The molecule has 21 heavy (non-hydrogen) atoms. The Morgan fingerprint density at radius 1 is 1.48 bits per heavy atom. The fourth-order valence-electron chi connectivity index (χ4n) is 1.48. The number of aromatic nitrogens is 2. The zero-order valence-corrected chi connectivity index (χ0v) is 11.9. The van der Waals surface area contributed by atoms with Crippen molar-refractivity contribution in [2.75, 3.05) is 4.72 Å². The zero-order chi connectivity index (χ0) is 15.6.